The van der Waals surface area contributed by atoms with E-state index in [9.17, 15) is 9.59 Å². The van der Waals surface area contributed by atoms with Gasteiger partial charge in [-0.2, -0.15) is 0 Å². The van der Waals surface area contributed by atoms with Crippen molar-refractivity contribution in [2.75, 3.05) is 17.2 Å². The molecule has 178 valence electrons. The summed E-state index contributed by atoms with van der Waals surface area (Å²) in [5.74, 6) is 0.370. The number of nitrogens with two attached hydrogens (primary N) is 1. The Kier molecular flexibility index (Phi) is 9.49. The van der Waals surface area contributed by atoms with Crippen LogP contribution in [0.1, 0.15) is 30.4 Å². The molecule has 0 unspecified atom stereocenters. The molecular weight excluding hydrogens is 428 g/mol. The van der Waals surface area contributed by atoms with E-state index in [4.69, 9.17) is 10.5 Å². The van der Waals surface area contributed by atoms with Gasteiger partial charge in [0.2, 0.25) is 5.91 Å². The van der Waals surface area contributed by atoms with Gasteiger partial charge in [0.25, 0.3) is 0 Å². The predicted octanol–water partition coefficient (Wildman–Crippen LogP) is 4.83. The van der Waals surface area contributed by atoms with Crippen LogP contribution in [0.3, 0.4) is 0 Å². The molecule has 0 saturated carbocycles. The van der Waals surface area contributed by atoms with Crippen LogP contribution in [0.2, 0.25) is 0 Å². The van der Waals surface area contributed by atoms with Gasteiger partial charge in [0.1, 0.15) is 18.4 Å². The second-order valence-electron chi connectivity index (χ2n) is 8.09. The van der Waals surface area contributed by atoms with E-state index in [1.807, 2.05) is 67.6 Å². The van der Waals surface area contributed by atoms with E-state index in [1.165, 1.54) is 0 Å². The molecule has 3 amide bonds. The monoisotopic (exact) mass is 460 g/mol. The minimum atomic E-state index is -0.689. The number of carbonyl (C=O) groups excluding carboxylic acids is 2. The average Bonchev–Trinajstić information content (AvgIpc) is 2.84. The zero-order valence-corrected chi connectivity index (χ0v) is 19.4. The molecule has 3 aromatic rings. The second-order valence-corrected chi connectivity index (χ2v) is 8.09. The largest absolute Gasteiger partial charge is 0.489 e. The number of hydrogen-bond acceptors (Lipinski definition) is 4. The van der Waals surface area contributed by atoms with Crippen LogP contribution in [-0.2, 0) is 11.4 Å². The van der Waals surface area contributed by atoms with E-state index in [0.717, 1.165) is 24.0 Å². The molecule has 0 radical (unpaired) electrons. The number of carbonyl (C=O) groups is 2. The topological polar surface area (TPSA) is 105 Å². The smallest absolute Gasteiger partial charge is 0.319 e. The van der Waals surface area contributed by atoms with Gasteiger partial charge >= 0.3 is 6.03 Å². The minimum absolute atomic E-state index is 0.268. The first-order valence-corrected chi connectivity index (χ1v) is 11.5. The standard InChI is InChI=1S/C27H32N4O3/c1-20-13-15-22(16-14-20)29-26(32)25(12-5-6-17-28)31-27(33)30-23-10-7-11-24(18-23)34-19-21-8-3-2-4-9-21/h2-4,7-11,13-16,18,25H,5-6,12,17,19,28H2,1H3,(H,29,32)(H2,30,31,33)/t25-/m0/s1. The molecule has 7 nitrogen and oxygen atoms in total. The van der Waals surface area contributed by atoms with Gasteiger partial charge in [0.05, 0.1) is 0 Å². The number of amides is 3. The lowest BCUT2D eigenvalue weighted by atomic mass is 10.1. The highest BCUT2D eigenvalue weighted by atomic mass is 16.5. The van der Waals surface area contributed by atoms with Crippen molar-refractivity contribution in [3.05, 3.63) is 90.0 Å². The van der Waals surface area contributed by atoms with Crippen molar-refractivity contribution >= 4 is 23.3 Å². The Bertz CT molecular complexity index is 1050. The normalized spacial score (nSPS) is 11.4. The van der Waals surface area contributed by atoms with Gasteiger partial charge < -0.3 is 26.4 Å². The summed E-state index contributed by atoms with van der Waals surface area (Å²) in [4.78, 5) is 25.5. The number of rotatable bonds is 11. The third kappa shape index (κ3) is 8.26. The number of ether oxygens (including phenoxy) is 1. The molecule has 0 saturated heterocycles. The molecule has 7 heteroatoms. The highest BCUT2D eigenvalue weighted by molar-refractivity contribution is 5.99. The molecule has 0 aromatic heterocycles. The molecule has 3 aromatic carbocycles. The Balaban J connectivity index is 1.58. The summed E-state index contributed by atoms with van der Waals surface area (Å²) >= 11 is 0. The van der Waals surface area contributed by atoms with Gasteiger partial charge in [-0.3, -0.25) is 4.79 Å². The van der Waals surface area contributed by atoms with Gasteiger partial charge in [-0.25, -0.2) is 4.79 Å². The Morgan fingerprint density at radius 1 is 0.882 bits per heavy atom. The molecule has 3 rings (SSSR count). The van der Waals surface area contributed by atoms with Crippen molar-refractivity contribution in [3.8, 4) is 5.75 Å². The molecule has 0 fully saturated rings. The lowest BCUT2D eigenvalue weighted by molar-refractivity contribution is -0.118. The number of urea groups is 1. The van der Waals surface area contributed by atoms with Crippen molar-refractivity contribution in [2.24, 2.45) is 5.73 Å². The summed E-state index contributed by atoms with van der Waals surface area (Å²) in [6, 6.07) is 23.4. The van der Waals surface area contributed by atoms with E-state index >= 15 is 0 Å². The summed E-state index contributed by atoms with van der Waals surface area (Å²) in [5, 5.41) is 8.46. The third-order valence-corrected chi connectivity index (χ3v) is 5.23. The number of hydrogen-bond donors (Lipinski definition) is 4. The van der Waals surface area contributed by atoms with Crippen LogP contribution in [0.25, 0.3) is 0 Å². The minimum Gasteiger partial charge on any atom is -0.489 e. The highest BCUT2D eigenvalue weighted by Crippen LogP contribution is 2.19. The van der Waals surface area contributed by atoms with Crippen molar-refractivity contribution in [3.63, 3.8) is 0 Å². The van der Waals surface area contributed by atoms with E-state index in [2.05, 4.69) is 16.0 Å². The molecule has 0 aliphatic rings. The van der Waals surface area contributed by atoms with Crippen LogP contribution >= 0.6 is 0 Å². The van der Waals surface area contributed by atoms with Crippen LogP contribution < -0.4 is 26.4 Å². The fraction of sp³-hybridized carbons (Fsp3) is 0.259. The van der Waals surface area contributed by atoms with E-state index < -0.39 is 12.1 Å². The predicted molar refractivity (Wildman–Crippen MR) is 136 cm³/mol. The number of anilines is 2. The summed E-state index contributed by atoms with van der Waals surface area (Å²) in [6.45, 7) is 2.95. The first-order chi connectivity index (χ1) is 16.5. The zero-order valence-electron chi connectivity index (χ0n) is 19.4. The van der Waals surface area contributed by atoms with Gasteiger partial charge in [0.15, 0.2) is 0 Å². The molecule has 5 N–H and O–H groups in total. The number of nitrogens with one attached hydrogen (secondary N) is 3. The number of unbranched alkanes of at least 4 members (excludes halogenated alkanes) is 1. The summed E-state index contributed by atoms with van der Waals surface area (Å²) < 4.78 is 5.83. The Morgan fingerprint density at radius 2 is 1.65 bits per heavy atom. The maximum atomic E-state index is 12.8. The molecule has 1 atom stereocenters. The van der Waals surface area contributed by atoms with Crippen LogP contribution in [0, 0.1) is 6.92 Å². The van der Waals surface area contributed by atoms with Crippen molar-refractivity contribution in [1.29, 1.82) is 0 Å². The van der Waals surface area contributed by atoms with E-state index in [0.29, 0.717) is 36.7 Å². The molecule has 0 spiro atoms. The van der Waals surface area contributed by atoms with Crippen LogP contribution in [0.4, 0.5) is 16.2 Å². The molecule has 0 heterocycles. The Hall–Kier alpha value is -3.84. The quantitative estimate of drug-likeness (QED) is 0.308. The molecular formula is C27H32N4O3. The second kappa shape index (κ2) is 13.0. The fourth-order valence-corrected chi connectivity index (χ4v) is 3.36. The van der Waals surface area contributed by atoms with E-state index in [-0.39, 0.29) is 5.91 Å². The van der Waals surface area contributed by atoms with Gasteiger partial charge in [0, 0.05) is 17.4 Å². The van der Waals surface area contributed by atoms with Crippen LogP contribution in [-0.4, -0.2) is 24.5 Å². The van der Waals surface area contributed by atoms with E-state index in [1.54, 1.807) is 18.2 Å². The van der Waals surface area contributed by atoms with Crippen molar-refractivity contribution in [1.82, 2.24) is 5.32 Å². The number of benzene rings is 3. The summed E-state index contributed by atoms with van der Waals surface area (Å²) in [5.41, 5.74) is 9.01. The molecule has 0 aliphatic carbocycles. The molecule has 0 aliphatic heterocycles. The van der Waals surface area contributed by atoms with Crippen molar-refractivity contribution in [2.45, 2.75) is 38.8 Å². The summed E-state index contributed by atoms with van der Waals surface area (Å²) in [6.07, 6.45) is 1.99. The zero-order chi connectivity index (χ0) is 24.2. The Labute approximate surface area is 200 Å². The number of aryl methyl sites for hydroxylation is 1. The average molecular weight is 461 g/mol. The third-order valence-electron chi connectivity index (χ3n) is 5.23. The maximum Gasteiger partial charge on any atom is 0.319 e. The Morgan fingerprint density at radius 3 is 2.38 bits per heavy atom. The van der Waals surface area contributed by atoms with Crippen LogP contribution in [0.5, 0.6) is 5.75 Å². The first-order valence-electron chi connectivity index (χ1n) is 11.5. The van der Waals surface area contributed by atoms with Gasteiger partial charge in [-0.05, 0) is 62.6 Å². The fourth-order valence-electron chi connectivity index (χ4n) is 3.36. The highest BCUT2D eigenvalue weighted by Gasteiger charge is 2.20. The van der Waals surface area contributed by atoms with Crippen molar-refractivity contribution < 1.29 is 14.3 Å². The van der Waals surface area contributed by atoms with Crippen LogP contribution in [0.15, 0.2) is 78.9 Å². The maximum absolute atomic E-state index is 12.8. The SMILES string of the molecule is Cc1ccc(NC(=O)[C@H](CCCCN)NC(=O)Nc2cccc(OCc3ccccc3)c2)cc1. The lowest BCUT2D eigenvalue weighted by Crippen LogP contribution is -2.45. The summed E-state index contributed by atoms with van der Waals surface area (Å²) in [7, 11) is 0. The lowest BCUT2D eigenvalue weighted by Gasteiger charge is -2.19. The molecule has 0 bridgehead atoms. The van der Waals surface area contributed by atoms with Gasteiger partial charge in [-0.1, -0.05) is 54.1 Å². The van der Waals surface area contributed by atoms with Gasteiger partial charge in [-0.15, -0.1) is 0 Å². The first kappa shape index (κ1) is 24.8. The molecule has 34 heavy (non-hydrogen) atoms.